The van der Waals surface area contributed by atoms with E-state index in [2.05, 4.69) is 42.2 Å². The second-order valence-electron chi connectivity index (χ2n) is 6.16. The van der Waals surface area contributed by atoms with Gasteiger partial charge in [0.1, 0.15) is 5.76 Å². The molecule has 1 aromatic heterocycles. The minimum Gasteiger partial charge on any atom is -0.468 e. The standard InChI is InChI=1S/C16H29N3O/c1-4-7-19(9-8-18(2)3)12-16-10-14(13-20-16)11-17-15-5-6-15/h10,13,15,17H,4-9,11-12H2,1-3H3. The third kappa shape index (κ3) is 5.65. The van der Waals surface area contributed by atoms with E-state index in [4.69, 9.17) is 4.42 Å². The molecule has 1 N–H and O–H groups in total. The number of hydrogen-bond acceptors (Lipinski definition) is 4. The van der Waals surface area contributed by atoms with Crippen LogP contribution >= 0.6 is 0 Å². The van der Waals surface area contributed by atoms with Crippen molar-refractivity contribution < 1.29 is 4.42 Å². The van der Waals surface area contributed by atoms with Gasteiger partial charge in [-0.15, -0.1) is 0 Å². The Morgan fingerprint density at radius 3 is 2.70 bits per heavy atom. The summed E-state index contributed by atoms with van der Waals surface area (Å²) in [7, 11) is 4.25. The fourth-order valence-electron chi connectivity index (χ4n) is 2.30. The molecule has 0 saturated heterocycles. The maximum Gasteiger partial charge on any atom is 0.118 e. The lowest BCUT2D eigenvalue weighted by Crippen LogP contribution is -2.31. The number of hydrogen-bond donors (Lipinski definition) is 1. The predicted molar refractivity (Wildman–Crippen MR) is 82.7 cm³/mol. The molecule has 4 nitrogen and oxygen atoms in total. The summed E-state index contributed by atoms with van der Waals surface area (Å²) < 4.78 is 5.71. The average Bonchev–Trinajstić information content (AvgIpc) is 3.14. The van der Waals surface area contributed by atoms with Crippen LogP contribution in [0.2, 0.25) is 0 Å². The Morgan fingerprint density at radius 2 is 2.05 bits per heavy atom. The van der Waals surface area contributed by atoms with Crippen LogP contribution in [0.3, 0.4) is 0 Å². The van der Waals surface area contributed by atoms with Crippen molar-refractivity contribution in [1.82, 2.24) is 15.1 Å². The molecule has 0 bridgehead atoms. The summed E-state index contributed by atoms with van der Waals surface area (Å²) in [6, 6.07) is 2.96. The molecule has 0 aliphatic heterocycles. The highest BCUT2D eigenvalue weighted by atomic mass is 16.3. The van der Waals surface area contributed by atoms with Crippen molar-refractivity contribution in [2.24, 2.45) is 0 Å². The average molecular weight is 279 g/mol. The molecule has 20 heavy (non-hydrogen) atoms. The van der Waals surface area contributed by atoms with Gasteiger partial charge in [-0.1, -0.05) is 6.92 Å². The predicted octanol–water partition coefficient (Wildman–Crippen LogP) is 2.31. The van der Waals surface area contributed by atoms with E-state index in [1.165, 1.54) is 24.8 Å². The van der Waals surface area contributed by atoms with E-state index in [0.717, 1.165) is 44.5 Å². The molecule has 0 aromatic carbocycles. The SMILES string of the molecule is CCCN(CCN(C)C)Cc1cc(CNC2CC2)co1. The summed E-state index contributed by atoms with van der Waals surface area (Å²) >= 11 is 0. The Kier molecular flexibility index (Phi) is 6.07. The van der Waals surface area contributed by atoms with Gasteiger partial charge in [-0.2, -0.15) is 0 Å². The molecule has 2 rings (SSSR count). The highest BCUT2D eigenvalue weighted by Crippen LogP contribution is 2.20. The van der Waals surface area contributed by atoms with Crippen LogP contribution < -0.4 is 5.32 Å². The minimum absolute atomic E-state index is 0.755. The Labute approximate surface area is 123 Å². The van der Waals surface area contributed by atoms with Crippen LogP contribution in [0.15, 0.2) is 16.7 Å². The first-order valence-corrected chi connectivity index (χ1v) is 7.84. The first-order valence-electron chi connectivity index (χ1n) is 7.84. The van der Waals surface area contributed by atoms with Crippen LogP contribution in [-0.2, 0) is 13.1 Å². The molecule has 1 aliphatic carbocycles. The molecule has 0 amide bonds. The highest BCUT2D eigenvalue weighted by molar-refractivity contribution is 5.13. The van der Waals surface area contributed by atoms with Crippen molar-refractivity contribution in [3.8, 4) is 0 Å². The highest BCUT2D eigenvalue weighted by Gasteiger charge is 2.20. The number of nitrogens with one attached hydrogen (secondary N) is 1. The molecule has 4 heteroatoms. The van der Waals surface area contributed by atoms with Crippen LogP contribution in [0.5, 0.6) is 0 Å². The van der Waals surface area contributed by atoms with Gasteiger partial charge in [0.05, 0.1) is 12.8 Å². The quantitative estimate of drug-likeness (QED) is 0.712. The van der Waals surface area contributed by atoms with E-state index in [0.29, 0.717) is 0 Å². The fraction of sp³-hybridized carbons (Fsp3) is 0.750. The van der Waals surface area contributed by atoms with Gasteiger partial charge < -0.3 is 14.6 Å². The Morgan fingerprint density at radius 1 is 1.25 bits per heavy atom. The number of nitrogens with zero attached hydrogens (tertiary/aromatic N) is 2. The van der Waals surface area contributed by atoms with Crippen LogP contribution in [0.25, 0.3) is 0 Å². The van der Waals surface area contributed by atoms with Gasteiger partial charge in [-0.05, 0) is 46.0 Å². The largest absolute Gasteiger partial charge is 0.468 e. The zero-order valence-corrected chi connectivity index (χ0v) is 13.2. The molecule has 0 spiro atoms. The van der Waals surface area contributed by atoms with Gasteiger partial charge >= 0.3 is 0 Å². The maximum atomic E-state index is 5.71. The Bertz CT molecular complexity index is 385. The van der Waals surface area contributed by atoms with Gasteiger partial charge in [0.2, 0.25) is 0 Å². The molecule has 1 fully saturated rings. The van der Waals surface area contributed by atoms with E-state index in [9.17, 15) is 0 Å². The topological polar surface area (TPSA) is 31.6 Å². The third-order valence-corrected chi connectivity index (χ3v) is 3.66. The van der Waals surface area contributed by atoms with E-state index in [-0.39, 0.29) is 0 Å². The second-order valence-corrected chi connectivity index (χ2v) is 6.16. The van der Waals surface area contributed by atoms with E-state index < -0.39 is 0 Å². The monoisotopic (exact) mass is 279 g/mol. The van der Waals surface area contributed by atoms with E-state index >= 15 is 0 Å². The summed E-state index contributed by atoms with van der Waals surface area (Å²) in [6.07, 6.45) is 5.75. The van der Waals surface area contributed by atoms with Gasteiger partial charge in [-0.25, -0.2) is 0 Å². The van der Waals surface area contributed by atoms with Crippen LogP contribution in [0.1, 0.15) is 37.5 Å². The lowest BCUT2D eigenvalue weighted by Gasteiger charge is -2.22. The van der Waals surface area contributed by atoms with Crippen molar-refractivity contribution in [3.05, 3.63) is 23.7 Å². The van der Waals surface area contributed by atoms with Gasteiger partial charge in [-0.3, -0.25) is 4.90 Å². The van der Waals surface area contributed by atoms with E-state index in [1.54, 1.807) is 0 Å². The molecule has 114 valence electrons. The lowest BCUT2D eigenvalue weighted by molar-refractivity contribution is 0.218. The molecule has 0 radical (unpaired) electrons. The number of rotatable bonds is 10. The second kappa shape index (κ2) is 7.81. The zero-order valence-electron chi connectivity index (χ0n) is 13.2. The van der Waals surface area contributed by atoms with Crippen LogP contribution in [-0.4, -0.2) is 49.6 Å². The van der Waals surface area contributed by atoms with Crippen molar-refractivity contribution in [3.63, 3.8) is 0 Å². The van der Waals surface area contributed by atoms with Crippen molar-refractivity contribution in [2.75, 3.05) is 33.7 Å². The lowest BCUT2D eigenvalue weighted by atomic mass is 10.3. The molecule has 1 saturated carbocycles. The van der Waals surface area contributed by atoms with Crippen molar-refractivity contribution in [2.45, 2.75) is 45.3 Å². The summed E-state index contributed by atoms with van der Waals surface area (Å²) in [5.41, 5.74) is 1.27. The number of furan rings is 1. The molecule has 1 aromatic rings. The zero-order chi connectivity index (χ0) is 14.4. The third-order valence-electron chi connectivity index (χ3n) is 3.66. The normalized spacial score (nSPS) is 15.4. The summed E-state index contributed by atoms with van der Waals surface area (Å²) in [5, 5.41) is 3.52. The fourth-order valence-corrected chi connectivity index (χ4v) is 2.30. The van der Waals surface area contributed by atoms with Crippen LogP contribution in [0.4, 0.5) is 0 Å². The molecule has 0 unspecified atom stereocenters. The van der Waals surface area contributed by atoms with Gasteiger partial charge in [0, 0.05) is 31.2 Å². The smallest absolute Gasteiger partial charge is 0.118 e. The molecule has 0 atom stereocenters. The molecular formula is C16H29N3O. The Balaban J connectivity index is 1.78. The Hall–Kier alpha value is -0.840. The van der Waals surface area contributed by atoms with Crippen molar-refractivity contribution >= 4 is 0 Å². The summed E-state index contributed by atoms with van der Waals surface area (Å²) in [6.45, 7) is 7.42. The van der Waals surface area contributed by atoms with E-state index in [1.807, 2.05) is 6.26 Å². The first kappa shape index (κ1) is 15.5. The molecule has 1 aliphatic rings. The first-order chi connectivity index (χ1) is 9.67. The minimum atomic E-state index is 0.755. The van der Waals surface area contributed by atoms with Gasteiger partial charge in [0.15, 0.2) is 0 Å². The maximum absolute atomic E-state index is 5.71. The van der Waals surface area contributed by atoms with Gasteiger partial charge in [0.25, 0.3) is 0 Å². The van der Waals surface area contributed by atoms with Crippen LogP contribution in [0, 0.1) is 0 Å². The summed E-state index contributed by atoms with van der Waals surface area (Å²) in [5.74, 6) is 1.09. The molecule has 1 heterocycles. The van der Waals surface area contributed by atoms with Crippen molar-refractivity contribution in [1.29, 1.82) is 0 Å². The number of likely N-dealkylation sites (N-methyl/N-ethyl adjacent to an activating group) is 1. The summed E-state index contributed by atoms with van der Waals surface area (Å²) in [4.78, 5) is 4.70. The molecular weight excluding hydrogens is 250 g/mol.